The van der Waals surface area contributed by atoms with Crippen LogP contribution in [0.4, 0.5) is 5.69 Å². The van der Waals surface area contributed by atoms with E-state index in [2.05, 4.69) is 70.7 Å². The molecule has 0 fully saturated rings. The third kappa shape index (κ3) is 1.68. The monoisotopic (exact) mass is 247 g/mol. The Balaban J connectivity index is 2.00. The van der Waals surface area contributed by atoms with Gasteiger partial charge in [0.2, 0.25) is 5.52 Å². The van der Waals surface area contributed by atoms with Gasteiger partial charge in [0, 0.05) is 23.6 Å². The molecule has 0 saturated carbocycles. The minimum absolute atomic E-state index is 0.893. The zero-order valence-electron chi connectivity index (χ0n) is 10.6. The van der Waals surface area contributed by atoms with Crippen LogP contribution in [0.15, 0.2) is 60.8 Å². The van der Waals surface area contributed by atoms with Crippen molar-refractivity contribution >= 4 is 16.6 Å². The molecule has 2 heteroatoms. The largest absolute Gasteiger partial charge is 0.376 e. The Bertz CT molecular complexity index is 757. The molecule has 2 aromatic carbocycles. The SMILES string of the molecule is c1ccc2c(c1)CNc1cccc3ccc[n+](c13)C2. The fourth-order valence-electron chi connectivity index (χ4n) is 2.87. The number of nitrogens with one attached hydrogen (secondary N) is 1. The van der Waals surface area contributed by atoms with E-state index in [0.29, 0.717) is 0 Å². The number of hydrogen-bond acceptors (Lipinski definition) is 1. The second-order valence-corrected chi connectivity index (χ2v) is 5.00. The Labute approximate surface area is 112 Å². The van der Waals surface area contributed by atoms with Crippen LogP contribution in [0.3, 0.4) is 0 Å². The van der Waals surface area contributed by atoms with Crippen LogP contribution in [-0.2, 0) is 13.1 Å². The molecule has 4 rings (SSSR count). The molecule has 0 spiro atoms. The molecule has 0 atom stereocenters. The van der Waals surface area contributed by atoms with Gasteiger partial charge in [-0.25, -0.2) is 0 Å². The van der Waals surface area contributed by atoms with Gasteiger partial charge in [-0.05, 0) is 23.8 Å². The summed E-state index contributed by atoms with van der Waals surface area (Å²) in [5, 5.41) is 4.85. The number of hydrogen-bond donors (Lipinski definition) is 1. The molecule has 0 unspecified atom stereocenters. The van der Waals surface area contributed by atoms with Crippen LogP contribution in [0, 0.1) is 0 Å². The average molecular weight is 247 g/mol. The van der Waals surface area contributed by atoms with Gasteiger partial charge >= 0.3 is 0 Å². The number of fused-ring (bicyclic) bond motifs is 1. The van der Waals surface area contributed by atoms with Gasteiger partial charge in [0.25, 0.3) is 0 Å². The minimum atomic E-state index is 0.893. The van der Waals surface area contributed by atoms with E-state index in [-0.39, 0.29) is 0 Å². The third-order valence-corrected chi connectivity index (χ3v) is 3.82. The van der Waals surface area contributed by atoms with Crippen molar-refractivity contribution in [2.45, 2.75) is 13.1 Å². The van der Waals surface area contributed by atoms with Crippen molar-refractivity contribution in [3.63, 3.8) is 0 Å². The van der Waals surface area contributed by atoms with Gasteiger partial charge in [-0.3, -0.25) is 0 Å². The molecule has 1 aliphatic rings. The molecule has 0 aliphatic carbocycles. The first-order valence-electron chi connectivity index (χ1n) is 6.64. The van der Waals surface area contributed by atoms with Gasteiger partial charge in [-0.1, -0.05) is 30.3 Å². The second kappa shape index (κ2) is 4.09. The summed E-state index contributed by atoms with van der Waals surface area (Å²) in [7, 11) is 0. The Hall–Kier alpha value is -2.35. The molecule has 1 aromatic heterocycles. The third-order valence-electron chi connectivity index (χ3n) is 3.82. The van der Waals surface area contributed by atoms with E-state index in [1.807, 2.05) is 0 Å². The average Bonchev–Trinajstić information content (AvgIpc) is 2.44. The fourth-order valence-corrected chi connectivity index (χ4v) is 2.87. The maximum Gasteiger partial charge on any atom is 0.236 e. The number of pyridine rings is 1. The van der Waals surface area contributed by atoms with Crippen molar-refractivity contribution in [2.75, 3.05) is 5.32 Å². The first-order valence-corrected chi connectivity index (χ1v) is 6.64. The molecule has 1 N–H and O–H groups in total. The van der Waals surface area contributed by atoms with Crippen molar-refractivity contribution in [1.82, 2.24) is 0 Å². The number of para-hydroxylation sites is 1. The van der Waals surface area contributed by atoms with Crippen molar-refractivity contribution in [1.29, 1.82) is 0 Å². The summed E-state index contributed by atoms with van der Waals surface area (Å²) < 4.78 is 2.33. The molecule has 0 radical (unpaired) electrons. The van der Waals surface area contributed by atoms with Crippen molar-refractivity contribution < 1.29 is 4.57 Å². The van der Waals surface area contributed by atoms with Crippen LogP contribution in [0.2, 0.25) is 0 Å². The van der Waals surface area contributed by atoms with Crippen LogP contribution in [0.25, 0.3) is 10.9 Å². The highest BCUT2D eigenvalue weighted by Crippen LogP contribution is 2.23. The van der Waals surface area contributed by atoms with Gasteiger partial charge < -0.3 is 5.32 Å². The highest BCUT2D eigenvalue weighted by Gasteiger charge is 2.18. The van der Waals surface area contributed by atoms with Crippen LogP contribution >= 0.6 is 0 Å². The summed E-state index contributed by atoms with van der Waals surface area (Å²) >= 11 is 0. The number of anilines is 1. The highest BCUT2D eigenvalue weighted by atomic mass is 15.0. The van der Waals surface area contributed by atoms with Crippen LogP contribution in [0.5, 0.6) is 0 Å². The first-order chi connectivity index (χ1) is 9.42. The Morgan fingerprint density at radius 2 is 1.68 bits per heavy atom. The predicted molar refractivity (Wildman–Crippen MR) is 77.0 cm³/mol. The normalized spacial score (nSPS) is 13.3. The lowest BCUT2D eigenvalue weighted by molar-refractivity contribution is -0.662. The zero-order valence-corrected chi connectivity index (χ0v) is 10.6. The molecule has 0 amide bonds. The van der Waals surface area contributed by atoms with Gasteiger partial charge in [-0.15, -0.1) is 0 Å². The van der Waals surface area contributed by atoms with E-state index in [1.54, 1.807) is 0 Å². The molecule has 2 heterocycles. The molecular weight excluding hydrogens is 232 g/mol. The number of rotatable bonds is 0. The molecule has 2 nitrogen and oxygen atoms in total. The summed E-state index contributed by atoms with van der Waals surface area (Å²) in [6.07, 6.45) is 2.16. The topological polar surface area (TPSA) is 15.9 Å². The molecule has 92 valence electrons. The van der Waals surface area contributed by atoms with E-state index >= 15 is 0 Å². The fraction of sp³-hybridized carbons (Fsp3) is 0.118. The molecule has 0 saturated heterocycles. The Morgan fingerprint density at radius 1 is 0.842 bits per heavy atom. The van der Waals surface area contributed by atoms with Crippen molar-refractivity contribution in [2.24, 2.45) is 0 Å². The first kappa shape index (κ1) is 10.6. The van der Waals surface area contributed by atoms with E-state index in [0.717, 1.165) is 13.1 Å². The van der Waals surface area contributed by atoms with Gasteiger partial charge in [-0.2, -0.15) is 4.57 Å². The Kier molecular flexibility index (Phi) is 2.27. The molecule has 19 heavy (non-hydrogen) atoms. The molecule has 1 aliphatic heterocycles. The standard InChI is InChI=1S/C17H15N2/c1-2-6-15-12-19-10-4-8-13-7-3-9-16(17(13)19)18-11-14(15)5-1/h1-10,18H,11-12H2/q+1. The van der Waals surface area contributed by atoms with E-state index in [1.165, 1.54) is 27.7 Å². The van der Waals surface area contributed by atoms with E-state index in [4.69, 9.17) is 0 Å². The summed E-state index contributed by atoms with van der Waals surface area (Å²) in [4.78, 5) is 0. The lowest BCUT2D eigenvalue weighted by Gasteiger charge is -2.15. The predicted octanol–water partition coefficient (Wildman–Crippen LogP) is 3.10. The second-order valence-electron chi connectivity index (χ2n) is 5.00. The molecule has 3 aromatic rings. The summed E-state index contributed by atoms with van der Waals surface area (Å²) in [5.74, 6) is 0. The lowest BCUT2D eigenvalue weighted by atomic mass is 10.0. The summed E-state index contributed by atoms with van der Waals surface area (Å²) in [5.41, 5.74) is 5.27. The van der Waals surface area contributed by atoms with E-state index < -0.39 is 0 Å². The van der Waals surface area contributed by atoms with Crippen LogP contribution < -0.4 is 9.88 Å². The highest BCUT2D eigenvalue weighted by molar-refractivity contribution is 5.87. The summed E-state index contributed by atoms with van der Waals surface area (Å²) in [6.45, 7) is 1.83. The van der Waals surface area contributed by atoms with Crippen LogP contribution in [-0.4, -0.2) is 0 Å². The number of aromatic nitrogens is 1. The summed E-state index contributed by atoms with van der Waals surface area (Å²) in [6, 6.07) is 19.4. The smallest absolute Gasteiger partial charge is 0.236 e. The Morgan fingerprint density at radius 3 is 2.63 bits per heavy atom. The maximum atomic E-state index is 3.56. The molecular formula is C17H15N2+. The number of benzene rings is 2. The van der Waals surface area contributed by atoms with E-state index in [9.17, 15) is 0 Å². The maximum absolute atomic E-state index is 3.56. The zero-order chi connectivity index (χ0) is 12.7. The van der Waals surface area contributed by atoms with Gasteiger partial charge in [0.05, 0.1) is 0 Å². The minimum Gasteiger partial charge on any atom is -0.376 e. The quantitative estimate of drug-likeness (QED) is 0.604. The van der Waals surface area contributed by atoms with Crippen LogP contribution in [0.1, 0.15) is 11.1 Å². The number of nitrogens with zero attached hydrogens (tertiary/aromatic N) is 1. The van der Waals surface area contributed by atoms with Crippen molar-refractivity contribution in [3.05, 3.63) is 71.9 Å². The van der Waals surface area contributed by atoms with Gasteiger partial charge in [0.1, 0.15) is 5.69 Å². The van der Waals surface area contributed by atoms with Crippen molar-refractivity contribution in [3.8, 4) is 0 Å². The van der Waals surface area contributed by atoms with Gasteiger partial charge in [0.15, 0.2) is 12.7 Å². The molecule has 0 bridgehead atoms. The lowest BCUT2D eigenvalue weighted by Crippen LogP contribution is -2.36.